The largest absolute Gasteiger partial charge is 0.496 e. The summed E-state index contributed by atoms with van der Waals surface area (Å²) in [6.45, 7) is 9.89. The summed E-state index contributed by atoms with van der Waals surface area (Å²) in [6, 6.07) is 5.38. The number of thiophene rings is 1. The fraction of sp³-hybridized carbons (Fsp3) is 0.440. The number of carbonyl (C=O) groups excluding carboxylic acids is 1. The molecule has 4 rings (SSSR count). The molecule has 1 aliphatic rings. The van der Waals surface area contributed by atoms with Crippen molar-refractivity contribution in [2.24, 2.45) is 5.41 Å². The Bertz CT molecular complexity index is 1200. The van der Waals surface area contributed by atoms with E-state index in [1.807, 2.05) is 16.8 Å². The van der Waals surface area contributed by atoms with Crippen LogP contribution in [0.15, 0.2) is 29.0 Å². The van der Waals surface area contributed by atoms with Crippen LogP contribution in [0.25, 0.3) is 16.9 Å². The molecule has 3 heterocycles. The SMILES string of the molecule is COc1cc2c(cc1C(O)C(C)(C)O)-c1c(c(C(=O)NCC(C)(C)C)nn1-c1ccsc1)CO2. The van der Waals surface area contributed by atoms with E-state index in [9.17, 15) is 15.0 Å². The van der Waals surface area contributed by atoms with E-state index < -0.39 is 11.7 Å². The summed E-state index contributed by atoms with van der Waals surface area (Å²) in [4.78, 5) is 13.1. The number of aliphatic hydroxyl groups is 2. The van der Waals surface area contributed by atoms with Crippen LogP contribution in [0.3, 0.4) is 0 Å². The quantitative estimate of drug-likeness (QED) is 0.486. The third-order valence-electron chi connectivity index (χ3n) is 5.65. The Balaban J connectivity index is 1.90. The van der Waals surface area contributed by atoms with E-state index in [0.717, 1.165) is 5.69 Å². The van der Waals surface area contributed by atoms with Gasteiger partial charge in [0, 0.05) is 34.7 Å². The maximum absolute atomic E-state index is 13.1. The number of aromatic nitrogens is 2. The van der Waals surface area contributed by atoms with E-state index in [0.29, 0.717) is 46.1 Å². The maximum Gasteiger partial charge on any atom is 0.272 e. The van der Waals surface area contributed by atoms with E-state index >= 15 is 0 Å². The lowest BCUT2D eigenvalue weighted by Crippen LogP contribution is -2.33. The van der Waals surface area contributed by atoms with Crippen molar-refractivity contribution in [1.82, 2.24) is 15.1 Å². The number of ether oxygens (including phenoxy) is 2. The average molecular weight is 486 g/mol. The number of hydrogen-bond acceptors (Lipinski definition) is 7. The molecule has 2 aromatic heterocycles. The molecule has 34 heavy (non-hydrogen) atoms. The minimum atomic E-state index is -1.40. The van der Waals surface area contributed by atoms with Gasteiger partial charge in [-0.05, 0) is 36.8 Å². The molecule has 182 valence electrons. The summed E-state index contributed by atoms with van der Waals surface area (Å²) in [5, 5.41) is 32.9. The molecule has 1 atom stereocenters. The minimum absolute atomic E-state index is 0.0760. The molecule has 9 heteroatoms. The molecule has 0 saturated heterocycles. The molecule has 1 aromatic carbocycles. The number of fused-ring (bicyclic) bond motifs is 3. The predicted molar refractivity (Wildman–Crippen MR) is 131 cm³/mol. The third kappa shape index (κ3) is 4.55. The summed E-state index contributed by atoms with van der Waals surface area (Å²) < 4.78 is 13.3. The Morgan fingerprint density at radius 3 is 2.65 bits per heavy atom. The number of methoxy groups -OCH3 is 1. The molecule has 0 aliphatic carbocycles. The van der Waals surface area contributed by atoms with Gasteiger partial charge >= 0.3 is 0 Å². The second-order valence-electron chi connectivity index (χ2n) is 10.2. The highest BCUT2D eigenvalue weighted by molar-refractivity contribution is 7.08. The minimum Gasteiger partial charge on any atom is -0.496 e. The highest BCUT2D eigenvalue weighted by Crippen LogP contribution is 2.46. The third-order valence-corrected chi connectivity index (χ3v) is 6.32. The molecule has 0 radical (unpaired) electrons. The number of nitrogens with one attached hydrogen (secondary N) is 1. The number of carbonyl (C=O) groups is 1. The number of amides is 1. The van der Waals surface area contributed by atoms with E-state index in [2.05, 4.69) is 31.2 Å². The molecule has 3 N–H and O–H groups in total. The second kappa shape index (κ2) is 8.72. The molecular formula is C25H31N3O5S. The monoisotopic (exact) mass is 485 g/mol. The first kappa shape index (κ1) is 24.3. The van der Waals surface area contributed by atoms with Crippen molar-refractivity contribution < 1.29 is 24.5 Å². The van der Waals surface area contributed by atoms with Gasteiger partial charge in [-0.3, -0.25) is 4.79 Å². The summed E-state index contributed by atoms with van der Waals surface area (Å²) in [7, 11) is 1.50. The van der Waals surface area contributed by atoms with E-state index in [1.165, 1.54) is 32.3 Å². The molecule has 0 bridgehead atoms. The predicted octanol–water partition coefficient (Wildman–Crippen LogP) is 4.08. The molecule has 3 aromatic rings. The van der Waals surface area contributed by atoms with Gasteiger partial charge in [-0.1, -0.05) is 20.8 Å². The molecule has 1 unspecified atom stereocenters. The number of nitrogens with zero attached hydrogens (tertiary/aromatic N) is 2. The first-order valence-corrected chi connectivity index (χ1v) is 12.0. The zero-order valence-corrected chi connectivity index (χ0v) is 21.1. The molecule has 8 nitrogen and oxygen atoms in total. The van der Waals surface area contributed by atoms with E-state index in [4.69, 9.17) is 9.47 Å². The number of rotatable bonds is 6. The van der Waals surface area contributed by atoms with Gasteiger partial charge in [0.05, 0.1) is 24.1 Å². The lowest BCUT2D eigenvalue weighted by atomic mass is 9.90. The van der Waals surface area contributed by atoms with E-state index in [1.54, 1.807) is 16.8 Å². The van der Waals surface area contributed by atoms with Crippen molar-refractivity contribution in [3.8, 4) is 28.4 Å². The Labute approximate surface area is 203 Å². The number of aliphatic hydroxyl groups excluding tert-OH is 1. The standard InChI is InChI=1S/C25H31N3O5S/c1-24(2,3)13-26-23(30)20-17-11-33-19-10-18(32-6)16(22(29)25(4,5)31)9-15(19)21(17)28(27-20)14-7-8-34-12-14/h7-10,12,22,29,31H,11,13H2,1-6H3,(H,26,30). The first-order valence-electron chi connectivity index (χ1n) is 11.1. The van der Waals surface area contributed by atoms with Gasteiger partial charge in [0.1, 0.15) is 24.2 Å². The van der Waals surface area contributed by atoms with Crippen molar-refractivity contribution in [2.75, 3.05) is 13.7 Å². The van der Waals surface area contributed by atoms with Gasteiger partial charge in [0.2, 0.25) is 0 Å². The highest BCUT2D eigenvalue weighted by Gasteiger charge is 2.35. The van der Waals surface area contributed by atoms with Gasteiger partial charge in [0.15, 0.2) is 5.69 Å². The summed E-state index contributed by atoms with van der Waals surface area (Å²) >= 11 is 1.53. The van der Waals surface area contributed by atoms with Gasteiger partial charge in [-0.25, -0.2) is 4.68 Å². The average Bonchev–Trinajstić information content (AvgIpc) is 3.42. The zero-order chi connectivity index (χ0) is 24.8. The number of hydrogen-bond donors (Lipinski definition) is 3. The topological polar surface area (TPSA) is 106 Å². The van der Waals surface area contributed by atoms with E-state index in [-0.39, 0.29) is 17.9 Å². The van der Waals surface area contributed by atoms with Gasteiger partial charge in [-0.15, -0.1) is 0 Å². The van der Waals surface area contributed by atoms with Crippen LogP contribution in [0.5, 0.6) is 11.5 Å². The Kier molecular flexibility index (Phi) is 6.22. The zero-order valence-electron chi connectivity index (χ0n) is 20.3. The molecular weight excluding hydrogens is 454 g/mol. The van der Waals surface area contributed by atoms with Gasteiger partial charge in [-0.2, -0.15) is 16.4 Å². The lowest BCUT2D eigenvalue weighted by molar-refractivity contribution is -0.0506. The van der Waals surface area contributed by atoms with Crippen molar-refractivity contribution >= 4 is 17.2 Å². The maximum atomic E-state index is 13.1. The Morgan fingerprint density at radius 2 is 2.06 bits per heavy atom. The van der Waals surface area contributed by atoms with Crippen LogP contribution >= 0.6 is 11.3 Å². The summed E-state index contributed by atoms with van der Waals surface area (Å²) in [5.41, 5.74) is 2.11. The normalized spacial score (nSPS) is 14.1. The van der Waals surface area contributed by atoms with Crippen molar-refractivity contribution in [3.05, 3.63) is 45.8 Å². The van der Waals surface area contributed by atoms with Crippen LogP contribution in [0.4, 0.5) is 0 Å². The fourth-order valence-corrected chi connectivity index (χ4v) is 4.46. The van der Waals surface area contributed by atoms with Gasteiger partial charge < -0.3 is 25.0 Å². The molecule has 1 amide bonds. The van der Waals surface area contributed by atoms with Crippen molar-refractivity contribution in [3.63, 3.8) is 0 Å². The summed E-state index contributed by atoms with van der Waals surface area (Å²) in [5.74, 6) is 0.688. The van der Waals surface area contributed by atoms with Crippen LogP contribution < -0.4 is 14.8 Å². The molecule has 0 saturated carbocycles. The van der Waals surface area contributed by atoms with Crippen LogP contribution in [0.1, 0.15) is 62.3 Å². The number of benzene rings is 1. The summed E-state index contributed by atoms with van der Waals surface area (Å²) in [6.07, 6.45) is -1.20. The van der Waals surface area contributed by atoms with Crippen LogP contribution in [0.2, 0.25) is 0 Å². The Morgan fingerprint density at radius 1 is 1.32 bits per heavy atom. The smallest absolute Gasteiger partial charge is 0.272 e. The van der Waals surface area contributed by atoms with Crippen LogP contribution in [-0.4, -0.2) is 45.2 Å². The van der Waals surface area contributed by atoms with Crippen LogP contribution in [0, 0.1) is 5.41 Å². The van der Waals surface area contributed by atoms with Crippen molar-refractivity contribution in [1.29, 1.82) is 0 Å². The lowest BCUT2D eigenvalue weighted by Gasteiger charge is -2.28. The molecule has 0 fully saturated rings. The second-order valence-corrected chi connectivity index (χ2v) is 11.0. The van der Waals surface area contributed by atoms with Crippen molar-refractivity contribution in [2.45, 2.75) is 52.9 Å². The molecule has 0 spiro atoms. The first-order chi connectivity index (χ1) is 15.9. The van der Waals surface area contributed by atoms with Crippen LogP contribution in [-0.2, 0) is 6.61 Å². The molecule has 1 aliphatic heterocycles. The Hall–Kier alpha value is -2.88. The highest BCUT2D eigenvalue weighted by atomic mass is 32.1. The fourth-order valence-electron chi connectivity index (χ4n) is 3.84. The van der Waals surface area contributed by atoms with Gasteiger partial charge in [0.25, 0.3) is 5.91 Å².